The summed E-state index contributed by atoms with van der Waals surface area (Å²) in [7, 11) is 0. The van der Waals surface area contributed by atoms with Gasteiger partial charge in [0.15, 0.2) is 28.6 Å². The third kappa shape index (κ3) is 6.37. The van der Waals surface area contributed by atoms with Crippen molar-refractivity contribution >= 4 is 88.7 Å². The summed E-state index contributed by atoms with van der Waals surface area (Å²) in [6, 6.07) is 73.7. The van der Waals surface area contributed by atoms with E-state index in [1.54, 1.807) is 0 Å². The molecule has 0 bridgehead atoms. The summed E-state index contributed by atoms with van der Waals surface area (Å²) < 4.78 is 18.8. The van der Waals surface area contributed by atoms with E-state index >= 15 is 0 Å². The van der Waals surface area contributed by atoms with Crippen molar-refractivity contribution in [2.75, 3.05) is 0 Å². The van der Waals surface area contributed by atoms with Gasteiger partial charge in [-0.25, -0.2) is 15.0 Å². The molecule has 0 saturated carbocycles. The number of rotatable bonds is 7. The van der Waals surface area contributed by atoms with Crippen LogP contribution in [-0.4, -0.2) is 29.1 Å². The van der Waals surface area contributed by atoms with Crippen LogP contribution in [0.1, 0.15) is 12.8 Å². The Labute approximate surface area is 434 Å². The Morgan fingerprint density at radius 1 is 0.382 bits per heavy atom. The predicted octanol–water partition coefficient (Wildman–Crippen LogP) is 15.8. The van der Waals surface area contributed by atoms with Gasteiger partial charge in [0.05, 0.1) is 22.2 Å². The highest BCUT2D eigenvalue weighted by Gasteiger charge is 2.26. The van der Waals surface area contributed by atoms with E-state index in [2.05, 4.69) is 173 Å². The fraction of sp³-hybridized carbons (Fsp3) is 0.0294. The van der Waals surface area contributed by atoms with E-state index < -0.39 is 0 Å². The first-order valence-corrected chi connectivity index (χ1v) is 25.8. The molecular formula is C68H42N6O2. The topological polar surface area (TPSA) is 87.7 Å². The Morgan fingerprint density at radius 3 is 1.58 bits per heavy atom. The van der Waals surface area contributed by atoms with Crippen LogP contribution >= 0.6 is 0 Å². The Balaban J connectivity index is 0.976. The normalized spacial score (nSPS) is 12.6. The number of aromatic nitrogens is 6. The van der Waals surface area contributed by atoms with Crippen LogP contribution in [0, 0.1) is 0 Å². The number of para-hydroxylation sites is 3. The van der Waals surface area contributed by atoms with E-state index in [1.807, 2.05) is 66.9 Å². The quantitative estimate of drug-likeness (QED) is 0.158. The van der Waals surface area contributed by atoms with Crippen molar-refractivity contribution in [2.45, 2.75) is 12.8 Å². The van der Waals surface area contributed by atoms with Crippen LogP contribution in [0.2, 0.25) is 0 Å². The van der Waals surface area contributed by atoms with Gasteiger partial charge in [0.2, 0.25) is 0 Å². The lowest BCUT2D eigenvalue weighted by atomic mass is 9.95. The van der Waals surface area contributed by atoms with Crippen molar-refractivity contribution in [3.8, 4) is 67.9 Å². The molecule has 15 aromatic rings. The van der Waals surface area contributed by atoms with Gasteiger partial charge in [-0.3, -0.25) is 4.98 Å². The predicted molar refractivity (Wildman–Crippen MR) is 308 cm³/mol. The van der Waals surface area contributed by atoms with Gasteiger partial charge in [0, 0.05) is 93.7 Å². The number of pyridine rings is 1. The van der Waals surface area contributed by atoms with Crippen LogP contribution in [0.15, 0.2) is 227 Å². The molecule has 1 aliphatic rings. The molecular weight excluding hydrogens is 933 g/mol. The third-order valence-electron chi connectivity index (χ3n) is 15.2. The number of hydrogen-bond acceptors (Lipinski definition) is 6. The zero-order valence-corrected chi connectivity index (χ0v) is 40.9. The highest BCUT2D eigenvalue weighted by Crippen LogP contribution is 2.46. The molecule has 9 aromatic carbocycles. The molecule has 0 spiro atoms. The molecule has 356 valence electrons. The average Bonchev–Trinajstić information content (AvgIpc) is 4.38. The first-order chi connectivity index (χ1) is 37.7. The molecule has 0 amide bonds. The first kappa shape index (κ1) is 42.3. The summed E-state index contributed by atoms with van der Waals surface area (Å²) in [6.45, 7) is 0. The molecule has 0 radical (unpaired) electrons. The molecule has 0 unspecified atom stereocenters. The number of nitrogens with zero attached hydrogens (tertiary/aromatic N) is 6. The van der Waals surface area contributed by atoms with Gasteiger partial charge in [0.25, 0.3) is 0 Å². The molecule has 8 nitrogen and oxygen atoms in total. The summed E-state index contributed by atoms with van der Waals surface area (Å²) in [5.74, 6) is 1.63. The smallest absolute Gasteiger partial charge is 0.166 e. The second-order valence-corrected chi connectivity index (χ2v) is 19.5. The maximum absolute atomic E-state index is 7.10. The maximum atomic E-state index is 7.10. The van der Waals surface area contributed by atoms with Gasteiger partial charge in [-0.1, -0.05) is 164 Å². The zero-order chi connectivity index (χ0) is 49.8. The van der Waals surface area contributed by atoms with E-state index in [-0.39, 0.29) is 0 Å². The summed E-state index contributed by atoms with van der Waals surface area (Å²) in [6.07, 6.45) is 8.70. The standard InChI is InChI=1S/C68H42N6O2/c1-5-19-41(20-6-1)66-70-67(42-21-7-2-8-22-42)72-68(71-66)54-39-43(46-29-17-33-57-59(46)52-37-35-49-47-27-13-15-31-55(47)73(62(49)64(52)75-57)44-23-9-3-10-24-44)40-69-61(54)51-30-18-34-58-60(51)53-38-36-50-48-28-14-16-32-56(48)74(63(50)65(53)76-58)45-25-11-4-12-26-45/h1-13,15,17-40H,14,16H2. The monoisotopic (exact) mass is 974 g/mol. The molecule has 0 N–H and O–H groups in total. The SMILES string of the molecule is C1=c2c(n(-c3ccccc3)c3c2ccc2c3oc3cccc(-c4ncc(-c5cccc6oc7c(ccc8c9ccccc9n(-c9ccccc9)c87)c56)cc4-c4nc(-c5ccccc5)nc(-c5ccccc5)n4)c32)=CCC1. The van der Waals surface area contributed by atoms with Crippen LogP contribution < -0.4 is 10.6 Å². The van der Waals surface area contributed by atoms with Crippen molar-refractivity contribution in [3.05, 3.63) is 229 Å². The molecule has 0 atom stereocenters. The second-order valence-electron chi connectivity index (χ2n) is 19.5. The molecule has 16 rings (SSSR count). The Kier molecular flexibility index (Phi) is 9.29. The van der Waals surface area contributed by atoms with Gasteiger partial charge >= 0.3 is 0 Å². The fourth-order valence-electron chi connectivity index (χ4n) is 11.9. The van der Waals surface area contributed by atoms with Crippen molar-refractivity contribution in [3.63, 3.8) is 0 Å². The van der Waals surface area contributed by atoms with Crippen molar-refractivity contribution < 1.29 is 8.83 Å². The van der Waals surface area contributed by atoms with E-state index in [0.717, 1.165) is 129 Å². The molecule has 76 heavy (non-hydrogen) atoms. The molecule has 8 heteroatoms. The van der Waals surface area contributed by atoms with Crippen molar-refractivity contribution in [1.82, 2.24) is 29.1 Å². The van der Waals surface area contributed by atoms with E-state index in [9.17, 15) is 0 Å². The summed E-state index contributed by atoms with van der Waals surface area (Å²) in [4.78, 5) is 21.4. The van der Waals surface area contributed by atoms with Gasteiger partial charge in [-0.15, -0.1) is 0 Å². The van der Waals surface area contributed by atoms with Crippen LogP contribution in [0.25, 0.3) is 157 Å². The molecule has 1 aliphatic carbocycles. The second kappa shape index (κ2) is 16.7. The lowest BCUT2D eigenvalue weighted by Gasteiger charge is -2.14. The highest BCUT2D eigenvalue weighted by atomic mass is 16.3. The summed E-state index contributed by atoms with van der Waals surface area (Å²) in [5.41, 5.74) is 14.6. The molecule has 0 saturated heterocycles. The Hall–Kier alpha value is -10.2. The van der Waals surface area contributed by atoms with Gasteiger partial charge < -0.3 is 18.0 Å². The van der Waals surface area contributed by atoms with Gasteiger partial charge in [-0.05, 0) is 79.1 Å². The van der Waals surface area contributed by atoms with E-state index in [4.69, 9.17) is 28.8 Å². The number of furan rings is 2. The Morgan fingerprint density at radius 2 is 0.908 bits per heavy atom. The highest BCUT2D eigenvalue weighted by molar-refractivity contribution is 6.24. The first-order valence-electron chi connectivity index (χ1n) is 25.8. The van der Waals surface area contributed by atoms with Crippen LogP contribution in [-0.2, 0) is 0 Å². The minimum Gasteiger partial charge on any atom is -0.454 e. The van der Waals surface area contributed by atoms with Gasteiger partial charge in [0.1, 0.15) is 11.2 Å². The maximum Gasteiger partial charge on any atom is 0.166 e. The van der Waals surface area contributed by atoms with Crippen LogP contribution in [0.4, 0.5) is 0 Å². The van der Waals surface area contributed by atoms with Crippen LogP contribution in [0.3, 0.4) is 0 Å². The van der Waals surface area contributed by atoms with E-state index in [1.165, 1.54) is 21.3 Å². The average molecular weight is 975 g/mol. The number of fused-ring (bicyclic) bond motifs is 14. The lowest BCUT2D eigenvalue weighted by molar-refractivity contribution is 0.670. The number of hydrogen-bond donors (Lipinski definition) is 0. The molecule has 6 heterocycles. The fourth-order valence-corrected chi connectivity index (χ4v) is 11.9. The van der Waals surface area contributed by atoms with E-state index in [0.29, 0.717) is 17.5 Å². The zero-order valence-electron chi connectivity index (χ0n) is 40.9. The third-order valence-corrected chi connectivity index (χ3v) is 15.2. The van der Waals surface area contributed by atoms with Crippen LogP contribution in [0.5, 0.6) is 0 Å². The minimum atomic E-state index is 0.499. The minimum absolute atomic E-state index is 0.499. The number of benzene rings is 9. The molecule has 0 aliphatic heterocycles. The summed E-state index contributed by atoms with van der Waals surface area (Å²) in [5, 5.41) is 9.89. The van der Waals surface area contributed by atoms with Crippen molar-refractivity contribution in [1.29, 1.82) is 0 Å². The Bertz CT molecular complexity index is 4920. The van der Waals surface area contributed by atoms with Gasteiger partial charge in [-0.2, -0.15) is 0 Å². The molecule has 0 fully saturated rings. The lowest BCUT2D eigenvalue weighted by Crippen LogP contribution is -2.30. The van der Waals surface area contributed by atoms with Crippen molar-refractivity contribution in [2.24, 2.45) is 0 Å². The largest absolute Gasteiger partial charge is 0.454 e. The molecule has 6 aromatic heterocycles. The summed E-state index contributed by atoms with van der Waals surface area (Å²) >= 11 is 0.